The zero-order valence-corrected chi connectivity index (χ0v) is 22.3. The van der Waals surface area contributed by atoms with E-state index < -0.39 is 0 Å². The molecule has 0 unspecified atom stereocenters. The van der Waals surface area contributed by atoms with E-state index in [1.54, 1.807) is 0 Å². The van der Waals surface area contributed by atoms with Gasteiger partial charge >= 0.3 is 0 Å². The molecule has 1 aliphatic heterocycles. The van der Waals surface area contributed by atoms with E-state index in [0.717, 1.165) is 82.5 Å². The third kappa shape index (κ3) is 3.60. The van der Waals surface area contributed by atoms with E-state index in [9.17, 15) is 9.90 Å². The van der Waals surface area contributed by atoms with Gasteiger partial charge in [-0.15, -0.1) is 0 Å². The van der Waals surface area contributed by atoms with E-state index in [0.29, 0.717) is 5.92 Å². The first kappa shape index (κ1) is 23.7. The van der Waals surface area contributed by atoms with Gasteiger partial charge in [-0.1, -0.05) is 36.9 Å². The molecular weight excluding hydrogens is 486 g/mol. The lowest BCUT2D eigenvalue weighted by molar-refractivity contribution is -0.146. The summed E-state index contributed by atoms with van der Waals surface area (Å²) in [6.45, 7) is 8.16. The predicted molar refractivity (Wildman–Crippen MR) is 153 cm³/mol. The maximum atomic E-state index is 12.0. The summed E-state index contributed by atoms with van der Waals surface area (Å²) in [5.41, 5.74) is 5.23. The van der Waals surface area contributed by atoms with Crippen molar-refractivity contribution in [2.75, 3.05) is 13.1 Å². The Morgan fingerprint density at radius 1 is 1.13 bits per heavy atom. The van der Waals surface area contributed by atoms with Crippen LogP contribution in [0.15, 0.2) is 73.4 Å². The van der Waals surface area contributed by atoms with Crippen LogP contribution >= 0.6 is 0 Å². The van der Waals surface area contributed by atoms with Gasteiger partial charge in [-0.2, -0.15) is 5.10 Å². The molecule has 2 aromatic heterocycles. The molecule has 1 spiro atoms. The lowest BCUT2D eigenvalue weighted by Gasteiger charge is -2.58. The highest BCUT2D eigenvalue weighted by Gasteiger charge is 2.54. The Labute approximate surface area is 227 Å². The van der Waals surface area contributed by atoms with Crippen LogP contribution in [0.5, 0.6) is 5.75 Å². The number of likely N-dealkylation sites (tertiary alicyclic amines) is 1. The molecule has 39 heavy (non-hydrogen) atoms. The van der Waals surface area contributed by atoms with Crippen LogP contribution in [0.4, 0.5) is 0 Å². The van der Waals surface area contributed by atoms with Crippen LogP contribution in [-0.4, -0.2) is 48.3 Å². The standard InChI is InChI=1S/C32H31N5O2/c1-4-28(39)36-18-32(19-36)15-23(16-32)31-34-29(21-10-11-27-22(12-21)17-33-35(27)3)30(37(31)5-2)26-14-24(38)13-20-8-6-7-9-25(20)26/h4,6-14,17,23,38H,1,5,15-16,18-19H2,2-3H3. The molecule has 196 valence electrons. The van der Waals surface area contributed by atoms with Gasteiger partial charge in [-0.05, 0) is 60.9 Å². The number of imidazole rings is 1. The summed E-state index contributed by atoms with van der Waals surface area (Å²) in [7, 11) is 1.95. The van der Waals surface area contributed by atoms with Gasteiger partial charge in [0.1, 0.15) is 11.6 Å². The normalized spacial score (nSPS) is 16.5. The van der Waals surface area contributed by atoms with Crippen LogP contribution in [0.2, 0.25) is 0 Å². The molecule has 1 amide bonds. The smallest absolute Gasteiger partial charge is 0.245 e. The summed E-state index contributed by atoms with van der Waals surface area (Å²) in [6.07, 6.45) is 5.34. The van der Waals surface area contributed by atoms with Crippen molar-refractivity contribution >= 4 is 27.6 Å². The Bertz CT molecular complexity index is 1780. The number of carbonyl (C=O) groups excluding carboxylic acids is 1. The number of rotatable bonds is 5. The molecule has 3 heterocycles. The second kappa shape index (κ2) is 8.56. The van der Waals surface area contributed by atoms with Crippen LogP contribution in [-0.2, 0) is 18.4 Å². The number of aromatic nitrogens is 4. The number of fused-ring (bicyclic) bond motifs is 2. The fourth-order valence-corrected chi connectivity index (χ4v) is 6.85. The van der Waals surface area contributed by atoms with Crippen molar-refractivity contribution in [1.29, 1.82) is 0 Å². The van der Waals surface area contributed by atoms with Crippen LogP contribution in [0.25, 0.3) is 44.2 Å². The molecule has 3 aromatic carbocycles. The van der Waals surface area contributed by atoms with Crippen molar-refractivity contribution in [2.24, 2.45) is 12.5 Å². The molecule has 0 bridgehead atoms. The molecule has 7 rings (SSSR count). The second-order valence-corrected chi connectivity index (χ2v) is 11.2. The van der Waals surface area contributed by atoms with Crippen LogP contribution in [0.1, 0.15) is 31.5 Å². The first-order valence-corrected chi connectivity index (χ1v) is 13.6. The Balaban J connectivity index is 1.37. The molecule has 5 aromatic rings. The van der Waals surface area contributed by atoms with Crippen molar-refractivity contribution in [3.8, 4) is 28.3 Å². The summed E-state index contributed by atoms with van der Waals surface area (Å²) in [5, 5.41) is 18.3. The number of phenols is 1. The van der Waals surface area contributed by atoms with Crippen LogP contribution in [0.3, 0.4) is 0 Å². The number of aryl methyl sites for hydroxylation is 1. The van der Waals surface area contributed by atoms with E-state index in [4.69, 9.17) is 4.98 Å². The zero-order valence-electron chi connectivity index (χ0n) is 22.3. The van der Waals surface area contributed by atoms with E-state index in [2.05, 4.69) is 47.4 Å². The third-order valence-corrected chi connectivity index (χ3v) is 8.70. The van der Waals surface area contributed by atoms with Crippen LogP contribution in [0, 0.1) is 5.41 Å². The third-order valence-electron chi connectivity index (χ3n) is 8.70. The van der Waals surface area contributed by atoms with Gasteiger partial charge in [0.05, 0.1) is 23.1 Å². The van der Waals surface area contributed by atoms with Crippen molar-refractivity contribution in [2.45, 2.75) is 32.2 Å². The molecule has 1 aliphatic carbocycles. The summed E-state index contributed by atoms with van der Waals surface area (Å²) >= 11 is 0. The number of nitrogens with zero attached hydrogens (tertiary/aromatic N) is 5. The van der Waals surface area contributed by atoms with Gasteiger partial charge in [-0.3, -0.25) is 9.48 Å². The summed E-state index contributed by atoms with van der Waals surface area (Å²) < 4.78 is 4.22. The molecular formula is C32H31N5O2. The quantitative estimate of drug-likeness (QED) is 0.296. The average molecular weight is 518 g/mol. The average Bonchev–Trinajstić information content (AvgIpc) is 3.46. The van der Waals surface area contributed by atoms with Gasteiger partial charge in [0.15, 0.2) is 0 Å². The number of carbonyl (C=O) groups is 1. The Morgan fingerprint density at radius 3 is 2.69 bits per heavy atom. The molecule has 7 nitrogen and oxygen atoms in total. The van der Waals surface area contributed by atoms with Crippen molar-refractivity contribution in [3.05, 3.63) is 79.3 Å². The van der Waals surface area contributed by atoms with Gasteiger partial charge < -0.3 is 14.6 Å². The summed E-state index contributed by atoms with van der Waals surface area (Å²) in [5.74, 6) is 1.67. The molecule has 7 heteroatoms. The van der Waals surface area contributed by atoms with E-state index in [1.165, 1.54) is 6.08 Å². The lowest BCUT2D eigenvalue weighted by Crippen LogP contribution is -2.63. The van der Waals surface area contributed by atoms with Gasteiger partial charge in [0.2, 0.25) is 5.91 Å². The first-order valence-electron chi connectivity index (χ1n) is 13.6. The molecule has 1 N–H and O–H groups in total. The van der Waals surface area contributed by atoms with Crippen LogP contribution < -0.4 is 0 Å². The van der Waals surface area contributed by atoms with Crippen molar-refractivity contribution in [1.82, 2.24) is 24.2 Å². The monoisotopic (exact) mass is 517 g/mol. The van der Waals surface area contributed by atoms with Crippen molar-refractivity contribution in [3.63, 3.8) is 0 Å². The number of amides is 1. The molecule has 1 saturated carbocycles. The Hall–Kier alpha value is -4.39. The highest BCUT2D eigenvalue weighted by molar-refractivity contribution is 6.00. The molecule has 0 radical (unpaired) electrons. The van der Waals surface area contributed by atoms with Gasteiger partial charge in [0, 0.05) is 54.5 Å². The topological polar surface area (TPSA) is 76.2 Å². The fourth-order valence-electron chi connectivity index (χ4n) is 6.85. The van der Waals surface area contributed by atoms with E-state index in [1.807, 2.05) is 53.2 Å². The number of benzene rings is 3. The highest BCUT2D eigenvalue weighted by atomic mass is 16.3. The minimum absolute atomic E-state index is 0.0188. The first-order chi connectivity index (χ1) is 18.9. The van der Waals surface area contributed by atoms with E-state index >= 15 is 0 Å². The SMILES string of the molecule is C=CC(=O)N1CC2(CC(c3nc(-c4ccc5c(cnn5C)c4)c(-c4cc(O)cc5ccccc45)n3CC)C2)C1. The molecule has 2 fully saturated rings. The minimum atomic E-state index is 0.0188. The second-order valence-electron chi connectivity index (χ2n) is 11.2. The zero-order chi connectivity index (χ0) is 26.9. The Morgan fingerprint density at radius 2 is 1.92 bits per heavy atom. The minimum Gasteiger partial charge on any atom is -0.508 e. The predicted octanol–water partition coefficient (Wildman–Crippen LogP) is 5.87. The summed E-state index contributed by atoms with van der Waals surface area (Å²) in [4.78, 5) is 19.3. The highest BCUT2D eigenvalue weighted by Crippen LogP contribution is 2.56. The lowest BCUT2D eigenvalue weighted by atomic mass is 9.57. The summed E-state index contributed by atoms with van der Waals surface area (Å²) in [6, 6.07) is 18.3. The number of hydrogen-bond acceptors (Lipinski definition) is 4. The number of aromatic hydroxyl groups is 1. The molecule has 1 saturated heterocycles. The fraction of sp³-hybridized carbons (Fsp3) is 0.281. The van der Waals surface area contributed by atoms with Gasteiger partial charge in [-0.25, -0.2) is 4.98 Å². The number of phenolic OH excluding ortho intramolecular Hbond substituents is 1. The molecule has 2 aliphatic rings. The maximum Gasteiger partial charge on any atom is 0.245 e. The Kier molecular flexibility index (Phi) is 5.20. The van der Waals surface area contributed by atoms with Crippen molar-refractivity contribution < 1.29 is 9.90 Å². The van der Waals surface area contributed by atoms with E-state index in [-0.39, 0.29) is 17.1 Å². The maximum absolute atomic E-state index is 12.0. The molecule has 0 atom stereocenters. The largest absolute Gasteiger partial charge is 0.508 e. The number of hydrogen-bond donors (Lipinski definition) is 1. The van der Waals surface area contributed by atoms with Gasteiger partial charge in [0.25, 0.3) is 0 Å².